The average Bonchev–Trinajstić information content (AvgIpc) is 3.89. The first kappa shape index (κ1) is 34.2. The van der Waals surface area contributed by atoms with E-state index in [2.05, 4.69) is 27.1 Å². The zero-order valence-corrected chi connectivity index (χ0v) is 30.1. The molecular formula is C37H47ClN4O6S. The Bertz CT molecular complexity index is 1760. The number of sulfonamides is 1. The number of anilines is 1. The molecule has 5 aliphatic rings. The highest BCUT2D eigenvalue weighted by Crippen LogP contribution is 2.47. The minimum Gasteiger partial charge on any atom is -0.490 e. The molecule has 2 amide bonds. The highest BCUT2D eigenvalue weighted by Gasteiger charge is 2.45. The van der Waals surface area contributed by atoms with Crippen LogP contribution in [0.2, 0.25) is 5.02 Å². The van der Waals surface area contributed by atoms with Crippen molar-refractivity contribution in [3.63, 3.8) is 0 Å². The highest BCUT2D eigenvalue weighted by molar-refractivity contribution is 7.90. The van der Waals surface area contributed by atoms with Crippen LogP contribution in [0.15, 0.2) is 53.4 Å². The fraction of sp³-hybridized carbons (Fsp3) is 0.568. The van der Waals surface area contributed by atoms with E-state index < -0.39 is 33.7 Å². The number of nitrogens with one attached hydrogen (secondary N) is 2. The Kier molecular flexibility index (Phi) is 9.15. The molecule has 2 aromatic rings. The van der Waals surface area contributed by atoms with E-state index in [9.17, 15) is 18.0 Å². The summed E-state index contributed by atoms with van der Waals surface area (Å²) < 4.78 is 42.5. The Morgan fingerprint density at radius 3 is 2.71 bits per heavy atom. The Hall–Kier alpha value is -3.28. The molecule has 49 heavy (non-hydrogen) atoms. The molecule has 7 rings (SSSR count). The van der Waals surface area contributed by atoms with Crippen LogP contribution in [-0.2, 0) is 31.4 Å². The first-order valence-corrected chi connectivity index (χ1v) is 19.4. The second-order valence-corrected chi connectivity index (χ2v) is 17.4. The monoisotopic (exact) mass is 710 g/mol. The maximum Gasteiger partial charge on any atom is 0.407 e. The minimum atomic E-state index is -4.20. The number of aryl methyl sites for hydroxylation is 1. The summed E-state index contributed by atoms with van der Waals surface area (Å²) in [6.45, 7) is 6.06. The molecule has 0 unspecified atom stereocenters. The van der Waals surface area contributed by atoms with E-state index in [0.29, 0.717) is 55.2 Å². The number of carbonyl (C=O) groups excluding carboxylic acids is 2. The van der Waals surface area contributed by atoms with Crippen molar-refractivity contribution in [1.82, 2.24) is 14.9 Å². The van der Waals surface area contributed by atoms with Crippen LogP contribution in [0.5, 0.6) is 5.75 Å². The summed E-state index contributed by atoms with van der Waals surface area (Å²) in [4.78, 5) is 30.6. The van der Waals surface area contributed by atoms with Crippen LogP contribution >= 0.6 is 11.6 Å². The van der Waals surface area contributed by atoms with Crippen molar-refractivity contribution in [3.8, 4) is 5.75 Å². The maximum atomic E-state index is 13.7. The van der Waals surface area contributed by atoms with Gasteiger partial charge in [0.15, 0.2) is 0 Å². The fourth-order valence-corrected chi connectivity index (χ4v) is 9.16. The number of nitrogens with zero attached hydrogens (tertiary/aromatic N) is 2. The third-order valence-corrected chi connectivity index (χ3v) is 13.2. The van der Waals surface area contributed by atoms with Crippen LogP contribution in [-0.4, -0.2) is 76.8 Å². The average molecular weight is 711 g/mol. The summed E-state index contributed by atoms with van der Waals surface area (Å²) in [6, 6.07) is 11.0. The van der Waals surface area contributed by atoms with Gasteiger partial charge in [0.25, 0.3) is 15.9 Å². The van der Waals surface area contributed by atoms with E-state index in [1.165, 1.54) is 17.2 Å². The molecule has 10 nitrogen and oxygen atoms in total. The molecule has 0 saturated heterocycles. The Balaban J connectivity index is 1.28. The Morgan fingerprint density at radius 1 is 1.14 bits per heavy atom. The van der Waals surface area contributed by atoms with E-state index in [1.54, 1.807) is 37.9 Å². The van der Waals surface area contributed by atoms with Crippen LogP contribution < -0.4 is 19.7 Å². The third-order valence-electron chi connectivity index (χ3n) is 11.6. The molecular weight excluding hydrogens is 664 g/mol. The molecule has 3 aliphatic carbocycles. The number of hydrogen-bond donors (Lipinski definition) is 2. The summed E-state index contributed by atoms with van der Waals surface area (Å²) in [5, 5.41) is 3.67. The predicted octanol–water partition coefficient (Wildman–Crippen LogP) is 5.43. The smallest absolute Gasteiger partial charge is 0.407 e. The molecule has 264 valence electrons. The molecule has 12 heteroatoms. The molecule has 2 heterocycles. The van der Waals surface area contributed by atoms with Gasteiger partial charge in [-0.2, -0.15) is 0 Å². The number of alkyl carbamates (subject to hydrolysis) is 1. The van der Waals surface area contributed by atoms with Gasteiger partial charge in [0.05, 0.1) is 22.7 Å². The molecule has 4 atom stereocenters. The summed E-state index contributed by atoms with van der Waals surface area (Å²) in [5.74, 6) is 0.758. The number of fused-ring (bicyclic) bond motifs is 4. The Labute approximate surface area is 294 Å². The quantitative estimate of drug-likeness (QED) is 0.406. The number of amides is 2. The van der Waals surface area contributed by atoms with Gasteiger partial charge < -0.3 is 19.7 Å². The van der Waals surface area contributed by atoms with E-state index in [1.807, 2.05) is 18.2 Å². The number of benzene rings is 2. The summed E-state index contributed by atoms with van der Waals surface area (Å²) >= 11 is 6.44. The lowest BCUT2D eigenvalue weighted by molar-refractivity contribution is -0.128. The largest absolute Gasteiger partial charge is 0.490 e. The van der Waals surface area contributed by atoms with E-state index in [4.69, 9.17) is 21.1 Å². The van der Waals surface area contributed by atoms with Gasteiger partial charge in [-0.15, -0.1) is 0 Å². The second kappa shape index (κ2) is 13.1. The lowest BCUT2D eigenvalue weighted by atomic mass is 9.68. The first-order valence-electron chi connectivity index (χ1n) is 17.5. The lowest BCUT2D eigenvalue weighted by Crippen LogP contribution is -2.54. The fourth-order valence-electron chi connectivity index (χ4n) is 7.84. The normalized spacial score (nSPS) is 29.3. The van der Waals surface area contributed by atoms with Gasteiger partial charge in [0, 0.05) is 42.5 Å². The van der Waals surface area contributed by atoms with Crippen LogP contribution in [0.1, 0.15) is 63.5 Å². The van der Waals surface area contributed by atoms with Crippen molar-refractivity contribution >= 4 is 39.3 Å². The van der Waals surface area contributed by atoms with Gasteiger partial charge in [0.2, 0.25) is 0 Å². The van der Waals surface area contributed by atoms with Gasteiger partial charge in [-0.3, -0.25) is 9.69 Å². The van der Waals surface area contributed by atoms with Crippen LogP contribution in [0.3, 0.4) is 0 Å². The van der Waals surface area contributed by atoms with Gasteiger partial charge in [-0.1, -0.05) is 23.7 Å². The van der Waals surface area contributed by atoms with Crippen molar-refractivity contribution in [1.29, 1.82) is 0 Å². The molecule has 2 aliphatic heterocycles. The standard InChI is InChI=1S/C37H47ClN4O6S/c1-36(2)34(43)40-49(45,46)28-12-15-33-31(19-28)42(22-37(23-47-33)16-4-6-25-18-27(38)11-14-30(25)37)21-26-10-13-29(26)32(7-5-17-41(36)3)48-35(44)39-20-24-8-9-24/h5,7,11-12,14-15,18-19,24,26,29,32H,4,6,8-10,13,16-17,20-23H2,1-3H3,(H,39,44)(H,40,43)/t26-,29+,32-,37-/m0/s1. The topological polar surface area (TPSA) is 117 Å². The molecule has 0 aromatic heterocycles. The van der Waals surface area contributed by atoms with Gasteiger partial charge in [-0.25, -0.2) is 17.9 Å². The molecule has 0 radical (unpaired) electrons. The third kappa shape index (κ3) is 6.90. The summed E-state index contributed by atoms with van der Waals surface area (Å²) in [7, 11) is -2.43. The SMILES string of the molecule is CN1CC=C[C@H](OC(=O)NCC2CC2)[C@@H]2CC[C@H]2CN2C[C@@]3(CCCc4cc(Cl)ccc43)COc3ccc(cc32)S(=O)(=O)NC(=O)C1(C)C. The minimum absolute atomic E-state index is 0.00382. The molecule has 2 fully saturated rings. The molecule has 2 N–H and O–H groups in total. The zero-order chi connectivity index (χ0) is 34.6. The van der Waals surface area contributed by atoms with E-state index in [0.717, 1.165) is 44.9 Å². The van der Waals surface area contributed by atoms with E-state index in [-0.39, 0.29) is 22.1 Å². The van der Waals surface area contributed by atoms with Crippen molar-refractivity contribution in [2.45, 2.75) is 80.7 Å². The van der Waals surface area contributed by atoms with Gasteiger partial charge >= 0.3 is 6.09 Å². The number of likely N-dealkylation sites (N-methyl/N-ethyl adjacent to an activating group) is 1. The summed E-state index contributed by atoms with van der Waals surface area (Å²) in [5.41, 5.74) is 1.63. The molecule has 1 spiro atoms. The molecule has 2 bridgehead atoms. The van der Waals surface area contributed by atoms with Crippen LogP contribution in [0.4, 0.5) is 10.5 Å². The molecule has 2 saturated carbocycles. The van der Waals surface area contributed by atoms with Gasteiger partial charge in [0.1, 0.15) is 11.9 Å². The predicted molar refractivity (Wildman–Crippen MR) is 189 cm³/mol. The Morgan fingerprint density at radius 2 is 1.96 bits per heavy atom. The second-order valence-electron chi connectivity index (χ2n) is 15.2. The number of ether oxygens (including phenoxy) is 2. The zero-order valence-electron chi connectivity index (χ0n) is 28.5. The number of carbonyl (C=O) groups is 2. The van der Waals surface area contributed by atoms with Crippen molar-refractivity contribution in [2.24, 2.45) is 17.8 Å². The maximum absolute atomic E-state index is 13.7. The van der Waals surface area contributed by atoms with Crippen LogP contribution in [0, 0.1) is 17.8 Å². The number of halogens is 1. The number of hydrogen-bond acceptors (Lipinski definition) is 8. The highest BCUT2D eigenvalue weighted by atomic mass is 35.5. The summed E-state index contributed by atoms with van der Waals surface area (Å²) in [6.07, 6.45) is 9.97. The van der Waals surface area contributed by atoms with Gasteiger partial charge in [-0.05, 0) is 125 Å². The van der Waals surface area contributed by atoms with Crippen LogP contribution in [0.25, 0.3) is 0 Å². The lowest BCUT2D eigenvalue weighted by Gasteiger charge is -2.46. The molecule has 2 aromatic carbocycles. The number of rotatable bonds is 3. The first-order chi connectivity index (χ1) is 23.3. The van der Waals surface area contributed by atoms with Crippen molar-refractivity contribution < 1.29 is 27.5 Å². The van der Waals surface area contributed by atoms with E-state index >= 15 is 0 Å². The van der Waals surface area contributed by atoms with Crippen molar-refractivity contribution in [3.05, 3.63) is 64.7 Å². The van der Waals surface area contributed by atoms with Crippen molar-refractivity contribution in [2.75, 3.05) is 44.7 Å².